The van der Waals surface area contributed by atoms with E-state index in [1.165, 1.54) is 0 Å². The topological polar surface area (TPSA) is 84.1 Å². The Hall–Kier alpha value is -1.85. The zero-order chi connectivity index (χ0) is 14.7. The molecule has 3 N–H and O–H groups in total. The molecule has 6 heteroatoms. The quantitative estimate of drug-likeness (QED) is 0.862. The molecule has 1 aromatic heterocycles. The van der Waals surface area contributed by atoms with Crippen LogP contribution in [0.3, 0.4) is 0 Å². The molecular formula is C14H23N5O. The summed E-state index contributed by atoms with van der Waals surface area (Å²) in [6.07, 6.45) is 2.89. The molecule has 110 valence electrons. The first-order valence-corrected chi connectivity index (χ1v) is 7.16. The molecule has 1 aliphatic rings. The molecule has 1 aliphatic heterocycles. The van der Waals surface area contributed by atoms with Crippen molar-refractivity contribution in [3.05, 3.63) is 11.3 Å². The zero-order valence-corrected chi connectivity index (χ0v) is 12.4. The third kappa shape index (κ3) is 3.18. The number of aryl methyl sites for hydroxylation is 1. The Morgan fingerprint density at radius 2 is 2.25 bits per heavy atom. The molecular weight excluding hydrogens is 254 g/mol. The molecule has 0 spiro atoms. The van der Waals surface area contributed by atoms with Crippen LogP contribution in [0, 0.1) is 6.92 Å². The number of nitrogens with zero attached hydrogens (tertiary/aromatic N) is 3. The van der Waals surface area contributed by atoms with Gasteiger partial charge in [0.1, 0.15) is 5.82 Å². The minimum Gasteiger partial charge on any atom is -0.368 e. The van der Waals surface area contributed by atoms with Crippen molar-refractivity contribution in [1.82, 2.24) is 15.3 Å². The van der Waals surface area contributed by atoms with Gasteiger partial charge in [-0.15, -0.1) is 0 Å². The molecule has 0 aliphatic carbocycles. The fourth-order valence-electron chi connectivity index (χ4n) is 2.80. The van der Waals surface area contributed by atoms with Gasteiger partial charge < -0.3 is 16.0 Å². The Labute approximate surface area is 119 Å². The number of aromatic nitrogens is 2. The predicted molar refractivity (Wildman–Crippen MR) is 79.6 cm³/mol. The fraction of sp³-hybridized carbons (Fsp3) is 0.643. The summed E-state index contributed by atoms with van der Waals surface area (Å²) in [5.41, 5.74) is 7.89. The molecule has 1 fully saturated rings. The van der Waals surface area contributed by atoms with Gasteiger partial charge in [0, 0.05) is 31.6 Å². The highest BCUT2D eigenvalue weighted by atomic mass is 16.1. The van der Waals surface area contributed by atoms with E-state index in [0.29, 0.717) is 5.95 Å². The van der Waals surface area contributed by atoms with Crippen molar-refractivity contribution in [2.24, 2.45) is 0 Å². The molecule has 6 nitrogen and oxygen atoms in total. The molecule has 20 heavy (non-hydrogen) atoms. The van der Waals surface area contributed by atoms with Crippen molar-refractivity contribution >= 4 is 17.7 Å². The monoisotopic (exact) mass is 277 g/mol. The Morgan fingerprint density at radius 3 is 2.90 bits per heavy atom. The van der Waals surface area contributed by atoms with Gasteiger partial charge in [0.15, 0.2) is 0 Å². The van der Waals surface area contributed by atoms with Crippen LogP contribution in [-0.4, -0.2) is 35.0 Å². The first-order valence-electron chi connectivity index (χ1n) is 7.16. The summed E-state index contributed by atoms with van der Waals surface area (Å²) in [5.74, 6) is 1.25. The molecule has 1 saturated heterocycles. The van der Waals surface area contributed by atoms with E-state index in [1.54, 1.807) is 6.92 Å². The van der Waals surface area contributed by atoms with Crippen LogP contribution in [0.1, 0.15) is 37.9 Å². The Morgan fingerprint density at radius 1 is 1.50 bits per heavy atom. The highest BCUT2D eigenvalue weighted by Crippen LogP contribution is 2.24. The van der Waals surface area contributed by atoms with Crippen LogP contribution in [-0.2, 0) is 11.2 Å². The average molecular weight is 277 g/mol. The normalized spacial score (nSPS) is 18.9. The predicted octanol–water partition coefficient (Wildman–Crippen LogP) is 1.03. The van der Waals surface area contributed by atoms with Gasteiger partial charge in [0.2, 0.25) is 11.9 Å². The lowest BCUT2D eigenvalue weighted by molar-refractivity contribution is -0.119. The lowest BCUT2D eigenvalue weighted by Crippen LogP contribution is -2.47. The number of amides is 1. The van der Waals surface area contributed by atoms with Crippen molar-refractivity contribution in [2.45, 2.75) is 46.1 Å². The van der Waals surface area contributed by atoms with E-state index >= 15 is 0 Å². The van der Waals surface area contributed by atoms with Crippen LogP contribution in [0.15, 0.2) is 0 Å². The highest BCUT2D eigenvalue weighted by Gasteiger charge is 2.23. The third-order valence-corrected chi connectivity index (χ3v) is 3.70. The number of hydrogen-bond acceptors (Lipinski definition) is 5. The molecule has 1 unspecified atom stereocenters. The molecule has 0 aromatic carbocycles. The van der Waals surface area contributed by atoms with Crippen molar-refractivity contribution < 1.29 is 4.79 Å². The molecule has 0 bridgehead atoms. The van der Waals surface area contributed by atoms with Gasteiger partial charge in [-0.2, -0.15) is 4.98 Å². The van der Waals surface area contributed by atoms with Gasteiger partial charge in [-0.3, -0.25) is 4.79 Å². The number of rotatable bonds is 3. The zero-order valence-electron chi connectivity index (χ0n) is 12.4. The molecule has 1 amide bonds. The maximum Gasteiger partial charge on any atom is 0.222 e. The summed E-state index contributed by atoms with van der Waals surface area (Å²) in [6.45, 7) is 7.38. The second-order valence-corrected chi connectivity index (χ2v) is 5.32. The molecule has 2 rings (SSSR count). The van der Waals surface area contributed by atoms with Crippen molar-refractivity contribution in [3.63, 3.8) is 0 Å². The largest absolute Gasteiger partial charge is 0.368 e. The van der Waals surface area contributed by atoms with E-state index in [4.69, 9.17) is 5.73 Å². The summed E-state index contributed by atoms with van der Waals surface area (Å²) < 4.78 is 0. The van der Waals surface area contributed by atoms with Crippen LogP contribution in [0.5, 0.6) is 0 Å². The summed E-state index contributed by atoms with van der Waals surface area (Å²) in [7, 11) is 0. The van der Waals surface area contributed by atoms with Crippen molar-refractivity contribution in [2.75, 3.05) is 23.7 Å². The number of nitrogens with two attached hydrogens (primary N) is 1. The highest BCUT2D eigenvalue weighted by molar-refractivity contribution is 5.73. The van der Waals surface area contributed by atoms with E-state index in [9.17, 15) is 4.79 Å². The standard InChI is InChI=1S/C14H23N5O/c1-4-12-9(2)13(18-14(15)17-12)19-7-5-6-11(8-19)16-10(3)20/h11H,4-8H2,1-3H3,(H,16,20)(H2,15,17,18). The second-order valence-electron chi connectivity index (χ2n) is 5.32. The van der Waals surface area contributed by atoms with E-state index in [0.717, 1.165) is 49.4 Å². The summed E-state index contributed by atoms with van der Waals surface area (Å²) in [5, 5.41) is 2.99. The molecule has 0 radical (unpaired) electrons. The summed E-state index contributed by atoms with van der Waals surface area (Å²) in [4.78, 5) is 22.1. The van der Waals surface area contributed by atoms with Gasteiger partial charge in [0.05, 0.1) is 5.69 Å². The van der Waals surface area contributed by atoms with Gasteiger partial charge in [-0.25, -0.2) is 4.98 Å². The van der Waals surface area contributed by atoms with Crippen molar-refractivity contribution in [1.29, 1.82) is 0 Å². The lowest BCUT2D eigenvalue weighted by Gasteiger charge is -2.34. The smallest absolute Gasteiger partial charge is 0.222 e. The van der Waals surface area contributed by atoms with Crippen LogP contribution in [0.2, 0.25) is 0 Å². The van der Waals surface area contributed by atoms with Crippen LogP contribution < -0.4 is 16.0 Å². The maximum absolute atomic E-state index is 11.2. The second kappa shape index (κ2) is 6.07. The lowest BCUT2D eigenvalue weighted by atomic mass is 10.0. The number of piperidine rings is 1. The van der Waals surface area contributed by atoms with Gasteiger partial charge in [-0.1, -0.05) is 6.92 Å². The van der Waals surface area contributed by atoms with E-state index in [1.807, 2.05) is 6.92 Å². The summed E-state index contributed by atoms with van der Waals surface area (Å²) >= 11 is 0. The molecule has 1 aromatic rings. The molecule has 2 heterocycles. The average Bonchev–Trinajstić information content (AvgIpc) is 2.40. The number of anilines is 2. The van der Waals surface area contributed by atoms with Crippen LogP contribution >= 0.6 is 0 Å². The summed E-state index contributed by atoms with van der Waals surface area (Å²) in [6, 6.07) is 0.182. The first kappa shape index (κ1) is 14.6. The number of nitrogen functional groups attached to an aromatic ring is 1. The van der Waals surface area contributed by atoms with E-state index in [2.05, 4.69) is 27.1 Å². The Balaban J connectivity index is 2.22. The van der Waals surface area contributed by atoms with Gasteiger partial charge in [0.25, 0.3) is 0 Å². The van der Waals surface area contributed by atoms with E-state index in [-0.39, 0.29) is 11.9 Å². The first-order chi connectivity index (χ1) is 9.51. The number of nitrogens with one attached hydrogen (secondary N) is 1. The van der Waals surface area contributed by atoms with Crippen LogP contribution in [0.4, 0.5) is 11.8 Å². The van der Waals surface area contributed by atoms with Gasteiger partial charge in [-0.05, 0) is 26.2 Å². The Kier molecular flexibility index (Phi) is 4.42. The number of carbonyl (C=O) groups excluding carboxylic acids is 1. The minimum atomic E-state index is 0.0185. The van der Waals surface area contributed by atoms with Crippen molar-refractivity contribution in [3.8, 4) is 0 Å². The van der Waals surface area contributed by atoms with Gasteiger partial charge >= 0.3 is 0 Å². The SMILES string of the molecule is CCc1nc(N)nc(N2CCCC(NC(C)=O)C2)c1C. The third-order valence-electron chi connectivity index (χ3n) is 3.70. The molecule has 0 saturated carbocycles. The minimum absolute atomic E-state index is 0.0185. The maximum atomic E-state index is 11.2. The molecule has 1 atom stereocenters. The Bertz CT molecular complexity index is 503. The number of carbonyl (C=O) groups is 1. The fourth-order valence-corrected chi connectivity index (χ4v) is 2.80. The van der Waals surface area contributed by atoms with Crippen LogP contribution in [0.25, 0.3) is 0 Å². The number of hydrogen-bond donors (Lipinski definition) is 2. The van der Waals surface area contributed by atoms with E-state index < -0.39 is 0 Å².